The Morgan fingerprint density at radius 3 is 2.38 bits per heavy atom. The molecule has 126 valence electrons. The van der Waals surface area contributed by atoms with Gasteiger partial charge < -0.3 is 9.84 Å². The summed E-state index contributed by atoms with van der Waals surface area (Å²) in [5.74, 6) is -0.946. The van der Waals surface area contributed by atoms with Crippen molar-refractivity contribution >= 4 is 17.3 Å². The number of phenols is 1. The van der Waals surface area contributed by atoms with Crippen LogP contribution in [0.25, 0.3) is 0 Å². The maximum Gasteiger partial charge on any atom is 0.422 e. The first-order valence-corrected chi connectivity index (χ1v) is 6.80. The van der Waals surface area contributed by atoms with Crippen molar-refractivity contribution in [2.24, 2.45) is 10.2 Å². The highest BCUT2D eigenvalue weighted by atomic mass is 19.4. The van der Waals surface area contributed by atoms with Gasteiger partial charge in [-0.25, -0.2) is 4.79 Å². The van der Waals surface area contributed by atoms with Crippen LogP contribution in [0.3, 0.4) is 0 Å². The summed E-state index contributed by atoms with van der Waals surface area (Å²) in [6, 6.07) is 10.1. The monoisotopic (exact) mass is 338 g/mol. The van der Waals surface area contributed by atoms with E-state index in [1.54, 1.807) is 13.0 Å². The molecular formula is C16H13F3N2O3. The Labute approximate surface area is 135 Å². The summed E-state index contributed by atoms with van der Waals surface area (Å²) in [6.07, 6.45) is -4.56. The number of hydrogen-bond acceptors (Lipinski definition) is 5. The summed E-state index contributed by atoms with van der Waals surface area (Å²) in [5.41, 5.74) is 1.68. The molecule has 1 N–H and O–H groups in total. The van der Waals surface area contributed by atoms with Gasteiger partial charge in [0.15, 0.2) is 6.61 Å². The molecule has 2 rings (SSSR count). The predicted octanol–water partition coefficient (Wildman–Crippen LogP) is 4.84. The number of ether oxygens (including phenoxy) is 1. The van der Waals surface area contributed by atoms with Crippen LogP contribution in [0, 0.1) is 6.92 Å². The third-order valence-electron chi connectivity index (χ3n) is 2.92. The molecule has 0 atom stereocenters. The molecule has 0 aliphatic heterocycles. The van der Waals surface area contributed by atoms with E-state index in [4.69, 9.17) is 0 Å². The van der Waals surface area contributed by atoms with Crippen LogP contribution in [0.15, 0.2) is 52.7 Å². The molecule has 0 aliphatic rings. The number of benzene rings is 2. The number of aromatic hydroxyl groups is 1. The van der Waals surface area contributed by atoms with Crippen LogP contribution >= 0.6 is 0 Å². The fourth-order valence-electron chi connectivity index (χ4n) is 1.76. The summed E-state index contributed by atoms with van der Waals surface area (Å²) in [7, 11) is 0. The molecule has 0 spiro atoms. The number of esters is 1. The van der Waals surface area contributed by atoms with Crippen molar-refractivity contribution in [3.05, 3.63) is 53.6 Å². The van der Waals surface area contributed by atoms with Gasteiger partial charge in [-0.1, -0.05) is 0 Å². The van der Waals surface area contributed by atoms with E-state index >= 15 is 0 Å². The molecule has 0 aliphatic carbocycles. The van der Waals surface area contributed by atoms with Gasteiger partial charge in [0.05, 0.1) is 16.9 Å². The molecule has 24 heavy (non-hydrogen) atoms. The number of nitrogens with zero attached hydrogens (tertiary/aromatic N) is 2. The number of carbonyl (C=O) groups excluding carboxylic acids is 1. The zero-order valence-electron chi connectivity index (χ0n) is 12.5. The molecule has 0 bridgehead atoms. The van der Waals surface area contributed by atoms with Crippen molar-refractivity contribution in [3.8, 4) is 5.75 Å². The molecule has 0 fully saturated rings. The Morgan fingerprint density at radius 1 is 1.12 bits per heavy atom. The molecule has 8 heteroatoms. The van der Waals surface area contributed by atoms with E-state index in [1.165, 1.54) is 36.4 Å². The molecule has 5 nitrogen and oxygen atoms in total. The summed E-state index contributed by atoms with van der Waals surface area (Å²) < 4.78 is 40.1. The number of hydrogen-bond donors (Lipinski definition) is 1. The summed E-state index contributed by atoms with van der Waals surface area (Å²) in [4.78, 5) is 11.5. The number of alkyl halides is 3. The molecule has 2 aromatic carbocycles. The van der Waals surface area contributed by atoms with Crippen LogP contribution in [-0.4, -0.2) is 23.9 Å². The molecule has 0 radical (unpaired) electrons. The number of carbonyl (C=O) groups is 1. The number of azo groups is 1. The smallest absolute Gasteiger partial charge is 0.422 e. The van der Waals surface area contributed by atoms with Crippen molar-refractivity contribution in [2.75, 3.05) is 6.61 Å². The van der Waals surface area contributed by atoms with E-state index in [0.29, 0.717) is 11.4 Å². The maximum atomic E-state index is 12.0. The lowest BCUT2D eigenvalue weighted by molar-refractivity contribution is -0.161. The van der Waals surface area contributed by atoms with Gasteiger partial charge in [0, 0.05) is 0 Å². The average Bonchev–Trinajstić information content (AvgIpc) is 2.51. The summed E-state index contributed by atoms with van der Waals surface area (Å²) >= 11 is 0. The Kier molecular flexibility index (Phi) is 5.18. The number of halogens is 3. The minimum absolute atomic E-state index is 0.0148. The van der Waals surface area contributed by atoms with Crippen molar-refractivity contribution < 1.29 is 27.8 Å². The Morgan fingerprint density at radius 2 is 1.79 bits per heavy atom. The van der Waals surface area contributed by atoms with E-state index in [0.717, 1.165) is 5.56 Å². The van der Waals surface area contributed by atoms with Crippen LogP contribution in [-0.2, 0) is 4.74 Å². The fourth-order valence-corrected chi connectivity index (χ4v) is 1.76. The molecule has 0 aromatic heterocycles. The first-order valence-electron chi connectivity index (χ1n) is 6.80. The van der Waals surface area contributed by atoms with Gasteiger partial charge in [0.1, 0.15) is 5.75 Å². The highest BCUT2D eigenvalue weighted by Crippen LogP contribution is 2.25. The lowest BCUT2D eigenvalue weighted by Crippen LogP contribution is -2.20. The van der Waals surface area contributed by atoms with Crippen LogP contribution in [0.1, 0.15) is 15.9 Å². The summed E-state index contributed by atoms with van der Waals surface area (Å²) in [5, 5.41) is 17.3. The van der Waals surface area contributed by atoms with Crippen molar-refractivity contribution in [2.45, 2.75) is 13.1 Å². The van der Waals surface area contributed by atoms with E-state index in [9.17, 15) is 23.1 Å². The predicted molar refractivity (Wildman–Crippen MR) is 79.8 cm³/mol. The SMILES string of the molecule is Cc1cc(O)ccc1N=Nc1ccc(C(=O)OCC(F)(F)F)cc1. The Hall–Kier alpha value is -2.90. The minimum atomic E-state index is -4.56. The van der Waals surface area contributed by atoms with Gasteiger partial charge in [-0.2, -0.15) is 23.4 Å². The second-order valence-corrected chi connectivity index (χ2v) is 4.91. The second kappa shape index (κ2) is 7.12. The molecule has 2 aromatic rings. The van der Waals surface area contributed by atoms with E-state index in [2.05, 4.69) is 15.0 Å². The highest BCUT2D eigenvalue weighted by Gasteiger charge is 2.29. The Balaban J connectivity index is 2.04. The summed E-state index contributed by atoms with van der Waals surface area (Å²) in [6.45, 7) is 0.126. The molecule has 0 unspecified atom stereocenters. The van der Waals surface area contributed by atoms with Gasteiger partial charge in [-0.05, 0) is 55.0 Å². The lowest BCUT2D eigenvalue weighted by atomic mass is 10.2. The van der Waals surface area contributed by atoms with Gasteiger partial charge in [0.25, 0.3) is 0 Å². The minimum Gasteiger partial charge on any atom is -0.508 e. The first kappa shape index (κ1) is 17.5. The van der Waals surface area contributed by atoms with Crippen LogP contribution in [0.2, 0.25) is 0 Å². The van der Waals surface area contributed by atoms with Crippen LogP contribution in [0.5, 0.6) is 5.75 Å². The first-order chi connectivity index (χ1) is 11.2. The quantitative estimate of drug-likeness (QED) is 0.641. The normalized spacial score (nSPS) is 11.7. The Bertz CT molecular complexity index is 756. The molecular weight excluding hydrogens is 325 g/mol. The van der Waals surface area contributed by atoms with E-state index < -0.39 is 18.8 Å². The van der Waals surface area contributed by atoms with E-state index in [1.807, 2.05) is 0 Å². The third kappa shape index (κ3) is 5.08. The average molecular weight is 338 g/mol. The van der Waals surface area contributed by atoms with Crippen molar-refractivity contribution in [3.63, 3.8) is 0 Å². The molecule has 0 saturated heterocycles. The van der Waals surface area contributed by atoms with Gasteiger partial charge in [-0.3, -0.25) is 0 Å². The lowest BCUT2D eigenvalue weighted by Gasteiger charge is -2.07. The van der Waals surface area contributed by atoms with Gasteiger partial charge >= 0.3 is 12.1 Å². The zero-order valence-corrected chi connectivity index (χ0v) is 12.5. The largest absolute Gasteiger partial charge is 0.508 e. The fraction of sp³-hybridized carbons (Fsp3) is 0.188. The standard InChI is InChI=1S/C16H13F3N2O3/c1-10-8-13(22)6-7-14(10)21-20-12-4-2-11(3-5-12)15(23)24-9-16(17,18)19/h2-8,22H,9H2,1H3. The van der Waals surface area contributed by atoms with Crippen LogP contribution < -0.4 is 0 Å². The topological polar surface area (TPSA) is 71.2 Å². The second-order valence-electron chi connectivity index (χ2n) is 4.91. The highest BCUT2D eigenvalue weighted by molar-refractivity contribution is 5.89. The number of aryl methyl sites for hydroxylation is 1. The van der Waals surface area contributed by atoms with Crippen molar-refractivity contribution in [1.29, 1.82) is 0 Å². The third-order valence-corrected chi connectivity index (χ3v) is 2.92. The van der Waals surface area contributed by atoms with Crippen molar-refractivity contribution in [1.82, 2.24) is 0 Å². The van der Waals surface area contributed by atoms with Gasteiger partial charge in [-0.15, -0.1) is 0 Å². The zero-order chi connectivity index (χ0) is 17.7. The van der Waals surface area contributed by atoms with Crippen LogP contribution in [0.4, 0.5) is 24.5 Å². The molecule has 0 heterocycles. The number of rotatable bonds is 4. The molecule has 0 saturated carbocycles. The molecule has 0 amide bonds. The number of phenolic OH excluding ortho intramolecular Hbond substituents is 1. The van der Waals surface area contributed by atoms with Gasteiger partial charge in [0.2, 0.25) is 0 Å². The maximum absolute atomic E-state index is 12.0. The van der Waals surface area contributed by atoms with E-state index in [-0.39, 0.29) is 11.3 Å².